The number of ether oxygens (including phenoxy) is 2. The van der Waals surface area contributed by atoms with E-state index in [4.69, 9.17) is 14.6 Å². The Bertz CT molecular complexity index is 746. The third-order valence-electron chi connectivity index (χ3n) is 4.00. The number of hydrogen-bond acceptors (Lipinski definition) is 6. The minimum atomic E-state index is -0.804. The molecule has 2 heterocycles. The maximum absolute atomic E-state index is 12.2. The standard InChI is InChI=1S/C17H20N2O5/c1-11-8-19(15-7-13(21)14(9-20)24-15)17(22)18-16(11)23-10-12-5-3-2-4-6-12/h2-6,8,13-15,20-21H,7,9-10H2,1H3/t13-,14+,15+/m0/s1. The summed E-state index contributed by atoms with van der Waals surface area (Å²) in [5.74, 6) is 0.275. The van der Waals surface area contributed by atoms with Gasteiger partial charge in [0.1, 0.15) is 18.9 Å². The molecule has 2 N–H and O–H groups in total. The molecule has 1 fully saturated rings. The Hall–Kier alpha value is -2.22. The second kappa shape index (κ2) is 7.12. The predicted octanol–water partition coefficient (Wildman–Crippen LogP) is 0.771. The second-order valence-electron chi connectivity index (χ2n) is 5.81. The number of aryl methyl sites for hydroxylation is 1. The number of benzene rings is 1. The minimum Gasteiger partial charge on any atom is -0.472 e. The normalized spacial score (nSPS) is 23.4. The smallest absolute Gasteiger partial charge is 0.352 e. The fourth-order valence-electron chi connectivity index (χ4n) is 2.68. The van der Waals surface area contributed by atoms with Crippen molar-refractivity contribution < 1.29 is 19.7 Å². The van der Waals surface area contributed by atoms with E-state index < -0.39 is 24.1 Å². The van der Waals surface area contributed by atoms with E-state index in [0.717, 1.165) is 5.56 Å². The Labute approximate surface area is 139 Å². The first-order chi connectivity index (χ1) is 11.6. The van der Waals surface area contributed by atoms with Crippen molar-refractivity contribution in [3.05, 3.63) is 58.1 Å². The Morgan fingerprint density at radius 2 is 2.12 bits per heavy atom. The first-order valence-corrected chi connectivity index (χ1v) is 7.79. The van der Waals surface area contributed by atoms with Crippen molar-refractivity contribution in [2.45, 2.75) is 38.4 Å². The summed E-state index contributed by atoms with van der Waals surface area (Å²) in [7, 11) is 0. The first kappa shape index (κ1) is 16.6. The maximum Gasteiger partial charge on any atom is 0.352 e. The fraction of sp³-hybridized carbons (Fsp3) is 0.412. The van der Waals surface area contributed by atoms with Crippen molar-refractivity contribution in [1.82, 2.24) is 9.55 Å². The van der Waals surface area contributed by atoms with E-state index in [9.17, 15) is 9.90 Å². The highest BCUT2D eigenvalue weighted by Crippen LogP contribution is 2.28. The summed E-state index contributed by atoms with van der Waals surface area (Å²) >= 11 is 0. The van der Waals surface area contributed by atoms with Crippen molar-refractivity contribution in [2.75, 3.05) is 6.61 Å². The summed E-state index contributed by atoms with van der Waals surface area (Å²) < 4.78 is 12.4. The zero-order valence-electron chi connectivity index (χ0n) is 13.3. The molecule has 2 aromatic rings. The Morgan fingerprint density at radius 3 is 2.79 bits per heavy atom. The molecule has 1 aromatic heterocycles. The zero-order chi connectivity index (χ0) is 17.1. The van der Waals surface area contributed by atoms with Crippen LogP contribution in [0.25, 0.3) is 0 Å². The monoisotopic (exact) mass is 332 g/mol. The topological polar surface area (TPSA) is 93.8 Å². The Kier molecular flexibility index (Phi) is 4.94. The van der Waals surface area contributed by atoms with Crippen LogP contribution in [-0.2, 0) is 11.3 Å². The lowest BCUT2D eigenvalue weighted by Gasteiger charge is -2.16. The highest BCUT2D eigenvalue weighted by atomic mass is 16.5. The van der Waals surface area contributed by atoms with E-state index in [1.54, 1.807) is 13.1 Å². The predicted molar refractivity (Wildman–Crippen MR) is 85.6 cm³/mol. The largest absolute Gasteiger partial charge is 0.472 e. The van der Waals surface area contributed by atoms with E-state index in [0.29, 0.717) is 12.2 Å². The number of aliphatic hydroxyl groups excluding tert-OH is 2. The first-order valence-electron chi connectivity index (χ1n) is 7.79. The maximum atomic E-state index is 12.2. The number of aromatic nitrogens is 2. The molecule has 3 rings (SSSR count). The van der Waals surface area contributed by atoms with Crippen LogP contribution in [0.15, 0.2) is 41.3 Å². The summed E-state index contributed by atoms with van der Waals surface area (Å²) in [4.78, 5) is 16.2. The molecule has 0 bridgehead atoms. The molecule has 1 aliphatic heterocycles. The molecule has 7 nitrogen and oxygen atoms in total. The van der Waals surface area contributed by atoms with Crippen LogP contribution in [0.2, 0.25) is 0 Å². The summed E-state index contributed by atoms with van der Waals surface area (Å²) in [5, 5.41) is 18.9. The fourth-order valence-corrected chi connectivity index (χ4v) is 2.68. The quantitative estimate of drug-likeness (QED) is 0.840. The van der Waals surface area contributed by atoms with Gasteiger partial charge in [0.25, 0.3) is 0 Å². The number of nitrogens with zero attached hydrogens (tertiary/aromatic N) is 2. The second-order valence-corrected chi connectivity index (χ2v) is 5.81. The molecule has 128 valence electrons. The molecule has 0 amide bonds. The minimum absolute atomic E-state index is 0.233. The molecule has 1 saturated heterocycles. The van der Waals surface area contributed by atoms with Gasteiger partial charge in [0.15, 0.2) is 0 Å². The van der Waals surface area contributed by atoms with Crippen LogP contribution in [0.1, 0.15) is 23.8 Å². The molecule has 7 heteroatoms. The number of aliphatic hydroxyl groups is 2. The molecule has 3 atom stereocenters. The van der Waals surface area contributed by atoms with Gasteiger partial charge in [-0.15, -0.1) is 0 Å². The van der Waals surface area contributed by atoms with Gasteiger partial charge in [-0.2, -0.15) is 4.98 Å². The summed E-state index contributed by atoms with van der Waals surface area (Å²) in [5.41, 5.74) is 1.16. The molecule has 0 saturated carbocycles. The van der Waals surface area contributed by atoms with Gasteiger partial charge in [-0.3, -0.25) is 4.57 Å². The van der Waals surface area contributed by atoms with Crippen LogP contribution in [0.4, 0.5) is 0 Å². The molecular weight excluding hydrogens is 312 g/mol. The van der Waals surface area contributed by atoms with E-state index in [1.807, 2.05) is 30.3 Å². The summed E-state index contributed by atoms with van der Waals surface area (Å²) in [6.45, 7) is 1.82. The van der Waals surface area contributed by atoms with Crippen molar-refractivity contribution in [2.24, 2.45) is 0 Å². The van der Waals surface area contributed by atoms with Crippen LogP contribution in [0.5, 0.6) is 5.88 Å². The van der Waals surface area contributed by atoms with Crippen LogP contribution < -0.4 is 10.4 Å². The third kappa shape index (κ3) is 3.48. The van der Waals surface area contributed by atoms with Gasteiger partial charge in [0.05, 0.1) is 12.7 Å². The average molecular weight is 332 g/mol. The highest BCUT2D eigenvalue weighted by molar-refractivity contribution is 5.22. The van der Waals surface area contributed by atoms with Gasteiger partial charge >= 0.3 is 5.69 Å². The van der Waals surface area contributed by atoms with Gasteiger partial charge in [-0.05, 0) is 12.5 Å². The Morgan fingerprint density at radius 1 is 1.38 bits per heavy atom. The SMILES string of the molecule is Cc1cn([C@H]2C[C@H](O)[C@@H](CO)O2)c(=O)nc1OCc1ccccc1. The summed E-state index contributed by atoms with van der Waals surface area (Å²) in [6, 6.07) is 9.61. The van der Waals surface area contributed by atoms with Gasteiger partial charge in [-0.1, -0.05) is 30.3 Å². The third-order valence-corrected chi connectivity index (χ3v) is 4.00. The van der Waals surface area contributed by atoms with Crippen molar-refractivity contribution in [3.8, 4) is 5.88 Å². The lowest BCUT2D eigenvalue weighted by molar-refractivity contribution is -0.0460. The number of hydrogen-bond donors (Lipinski definition) is 2. The lowest BCUT2D eigenvalue weighted by Crippen LogP contribution is -2.28. The van der Waals surface area contributed by atoms with Gasteiger partial charge < -0.3 is 19.7 Å². The molecule has 0 aliphatic carbocycles. The van der Waals surface area contributed by atoms with E-state index >= 15 is 0 Å². The van der Waals surface area contributed by atoms with E-state index in [-0.39, 0.29) is 18.9 Å². The van der Waals surface area contributed by atoms with Crippen molar-refractivity contribution in [1.29, 1.82) is 0 Å². The van der Waals surface area contributed by atoms with Crippen LogP contribution in [0, 0.1) is 6.92 Å². The van der Waals surface area contributed by atoms with Crippen LogP contribution in [-0.4, -0.2) is 38.6 Å². The molecule has 0 spiro atoms. The van der Waals surface area contributed by atoms with Crippen molar-refractivity contribution in [3.63, 3.8) is 0 Å². The molecule has 0 unspecified atom stereocenters. The molecule has 24 heavy (non-hydrogen) atoms. The molecule has 1 aromatic carbocycles. The average Bonchev–Trinajstić information content (AvgIpc) is 2.97. The van der Waals surface area contributed by atoms with E-state index in [2.05, 4.69) is 4.98 Å². The highest BCUT2D eigenvalue weighted by Gasteiger charge is 2.35. The van der Waals surface area contributed by atoms with Gasteiger partial charge in [0.2, 0.25) is 5.88 Å². The van der Waals surface area contributed by atoms with Crippen molar-refractivity contribution >= 4 is 0 Å². The number of rotatable bonds is 5. The molecule has 0 radical (unpaired) electrons. The van der Waals surface area contributed by atoms with Gasteiger partial charge in [-0.25, -0.2) is 4.79 Å². The van der Waals surface area contributed by atoms with Gasteiger partial charge in [0, 0.05) is 18.2 Å². The lowest BCUT2D eigenvalue weighted by atomic mass is 10.2. The molecular formula is C17H20N2O5. The zero-order valence-corrected chi connectivity index (χ0v) is 13.3. The van der Waals surface area contributed by atoms with E-state index in [1.165, 1.54) is 4.57 Å². The van der Waals surface area contributed by atoms with Crippen LogP contribution in [0.3, 0.4) is 0 Å². The molecule has 1 aliphatic rings. The Balaban J connectivity index is 1.75. The summed E-state index contributed by atoms with van der Waals surface area (Å²) in [6.07, 6.45) is -0.292. The van der Waals surface area contributed by atoms with Crippen LogP contribution >= 0.6 is 0 Å².